The number of rotatable bonds is 4. The van der Waals surface area contributed by atoms with Gasteiger partial charge in [0.15, 0.2) is 0 Å². The Bertz CT molecular complexity index is 718. The first-order chi connectivity index (χ1) is 10.1. The van der Waals surface area contributed by atoms with Crippen molar-refractivity contribution in [3.8, 4) is 0 Å². The smallest absolute Gasteiger partial charge is 0.328 e. The molecule has 3 N–H and O–H groups in total. The molecular formula is C10H13Cl2N2O6PS. The van der Waals surface area contributed by atoms with E-state index in [4.69, 9.17) is 31.7 Å². The van der Waals surface area contributed by atoms with E-state index >= 15 is 0 Å². The van der Waals surface area contributed by atoms with Gasteiger partial charge in [0.05, 0.1) is 12.2 Å². The van der Waals surface area contributed by atoms with Crippen molar-refractivity contribution in [2.24, 2.45) is 7.05 Å². The predicted octanol–water partition coefficient (Wildman–Crippen LogP) is -0.0460. The summed E-state index contributed by atoms with van der Waals surface area (Å²) >= 11 is 15.9. The lowest BCUT2D eigenvalue weighted by molar-refractivity contribution is -0.0147. The van der Waals surface area contributed by atoms with Gasteiger partial charge in [-0.1, -0.05) is 0 Å². The van der Waals surface area contributed by atoms with Gasteiger partial charge in [-0.25, -0.2) is 4.79 Å². The number of aromatic amines is 1. The minimum atomic E-state index is -2.99. The van der Waals surface area contributed by atoms with Crippen LogP contribution >= 0.6 is 27.5 Å². The molecule has 4 unspecified atom stereocenters. The Morgan fingerprint density at radius 3 is 2.68 bits per heavy atom. The molecule has 2 rings (SSSR count). The van der Waals surface area contributed by atoms with E-state index in [0.717, 1.165) is 4.57 Å². The van der Waals surface area contributed by atoms with Crippen LogP contribution in [0.25, 0.3) is 0 Å². The topological polar surface area (TPSA) is 114 Å². The Morgan fingerprint density at radius 2 is 2.09 bits per heavy atom. The number of halogens is 2. The third-order valence-corrected chi connectivity index (χ3v) is 4.55. The van der Waals surface area contributed by atoms with E-state index in [-0.39, 0.29) is 12.2 Å². The molecule has 1 aliphatic heterocycles. The fraction of sp³-hybridized carbons (Fsp3) is 0.600. The molecule has 0 spiro atoms. The summed E-state index contributed by atoms with van der Waals surface area (Å²) in [4.78, 5) is 22.3. The Morgan fingerprint density at radius 1 is 1.45 bits per heavy atom. The van der Waals surface area contributed by atoms with Crippen molar-refractivity contribution in [1.82, 2.24) is 9.55 Å². The number of aliphatic hydroxyl groups is 2. The summed E-state index contributed by atoms with van der Waals surface area (Å²) in [5.74, 6) is 0. The lowest BCUT2D eigenvalue weighted by Gasteiger charge is -2.16. The summed E-state index contributed by atoms with van der Waals surface area (Å²) in [6, 6.07) is 0. The average molecular weight is 391 g/mol. The van der Waals surface area contributed by atoms with Gasteiger partial charge in [-0.2, -0.15) is 0 Å². The van der Waals surface area contributed by atoms with Crippen molar-refractivity contribution in [3.63, 3.8) is 0 Å². The standard InChI is InChI=1S/C10H13Cl2N2O6PS/c1-14-2-4(9(17)13-10(14)18)8-7(16)6(15)5(20-8)3-19-21(11,12)22/h2,5-8,15-16H,3H2,1H3,(H,13,17,18). The third-order valence-electron chi connectivity index (χ3n) is 3.19. The van der Waals surface area contributed by atoms with Crippen LogP contribution < -0.4 is 11.2 Å². The fourth-order valence-corrected chi connectivity index (χ4v) is 2.93. The molecule has 124 valence electrons. The van der Waals surface area contributed by atoms with Crippen LogP contribution in [0.4, 0.5) is 0 Å². The highest BCUT2D eigenvalue weighted by molar-refractivity contribution is 8.36. The highest BCUT2D eigenvalue weighted by atomic mass is 35.9. The van der Waals surface area contributed by atoms with Gasteiger partial charge in [0.2, 0.25) is 4.97 Å². The maximum absolute atomic E-state index is 11.8. The number of H-pyrrole nitrogens is 1. The molecule has 1 fully saturated rings. The van der Waals surface area contributed by atoms with Gasteiger partial charge in [0, 0.05) is 13.2 Å². The van der Waals surface area contributed by atoms with Crippen molar-refractivity contribution in [1.29, 1.82) is 0 Å². The normalized spacial score (nSPS) is 29.0. The minimum absolute atomic E-state index is 0.00679. The zero-order chi connectivity index (χ0) is 16.7. The zero-order valence-corrected chi connectivity index (χ0v) is 14.4. The van der Waals surface area contributed by atoms with Crippen LogP contribution in [0.1, 0.15) is 11.7 Å². The largest absolute Gasteiger partial charge is 0.387 e. The summed E-state index contributed by atoms with van der Waals surface area (Å²) < 4.78 is 11.6. The van der Waals surface area contributed by atoms with Crippen LogP contribution in [0.5, 0.6) is 0 Å². The van der Waals surface area contributed by atoms with E-state index in [0.29, 0.717) is 0 Å². The Balaban J connectivity index is 2.23. The maximum Gasteiger partial charge on any atom is 0.328 e. The number of aliphatic hydroxyl groups excluding tert-OH is 2. The van der Waals surface area contributed by atoms with Crippen molar-refractivity contribution in [2.45, 2.75) is 24.4 Å². The highest BCUT2D eigenvalue weighted by Crippen LogP contribution is 2.58. The van der Waals surface area contributed by atoms with Crippen molar-refractivity contribution >= 4 is 39.3 Å². The molecule has 4 atom stereocenters. The summed E-state index contributed by atoms with van der Waals surface area (Å²) in [5.41, 5.74) is -1.31. The van der Waals surface area contributed by atoms with Crippen LogP contribution in [-0.4, -0.2) is 44.7 Å². The van der Waals surface area contributed by atoms with Gasteiger partial charge in [-0.05, 0) is 34.3 Å². The number of ether oxygens (including phenoxy) is 1. The second-order valence-corrected chi connectivity index (χ2v) is 11.9. The van der Waals surface area contributed by atoms with Gasteiger partial charge < -0.3 is 24.0 Å². The molecule has 8 nitrogen and oxygen atoms in total. The predicted molar refractivity (Wildman–Crippen MR) is 83.9 cm³/mol. The van der Waals surface area contributed by atoms with Crippen molar-refractivity contribution < 1.29 is 19.5 Å². The monoisotopic (exact) mass is 390 g/mol. The van der Waals surface area contributed by atoms with E-state index in [2.05, 4.69) is 16.8 Å². The number of aromatic nitrogens is 2. The number of nitrogens with zero attached hydrogens (tertiary/aromatic N) is 1. The van der Waals surface area contributed by atoms with Crippen molar-refractivity contribution in [3.05, 3.63) is 32.6 Å². The Labute approximate surface area is 139 Å². The number of aryl methyl sites for hydroxylation is 1. The van der Waals surface area contributed by atoms with Crippen LogP contribution in [0.3, 0.4) is 0 Å². The van der Waals surface area contributed by atoms with Gasteiger partial charge in [-0.15, -0.1) is 0 Å². The van der Waals surface area contributed by atoms with E-state index in [9.17, 15) is 19.8 Å². The fourth-order valence-electron chi connectivity index (χ4n) is 2.09. The first-order valence-electron chi connectivity index (χ1n) is 6.05. The molecule has 1 saturated heterocycles. The van der Waals surface area contributed by atoms with Gasteiger partial charge >= 0.3 is 5.69 Å². The highest BCUT2D eigenvalue weighted by Gasteiger charge is 2.45. The Kier molecular flexibility index (Phi) is 5.51. The summed E-state index contributed by atoms with van der Waals surface area (Å²) in [5, 5.41) is 20.0. The van der Waals surface area contributed by atoms with E-state index in [1.807, 2.05) is 0 Å². The molecule has 0 bridgehead atoms. The lowest BCUT2D eigenvalue weighted by Crippen LogP contribution is -2.35. The van der Waals surface area contributed by atoms with E-state index < -0.39 is 40.6 Å². The molecule has 1 aromatic heterocycles. The third kappa shape index (κ3) is 3.98. The first-order valence-corrected chi connectivity index (χ1v) is 10.6. The van der Waals surface area contributed by atoms with Crippen LogP contribution in [0.2, 0.25) is 0 Å². The SMILES string of the molecule is Cn1cc(C2OC(COP(=S)(Cl)Cl)C(O)C2O)c(=O)[nH]c1=O. The second-order valence-electron chi connectivity index (χ2n) is 4.74. The zero-order valence-electron chi connectivity index (χ0n) is 11.2. The molecule has 1 aliphatic rings. The van der Waals surface area contributed by atoms with E-state index in [1.165, 1.54) is 13.2 Å². The number of hydrogen-bond donors (Lipinski definition) is 3. The van der Waals surface area contributed by atoms with E-state index in [1.54, 1.807) is 0 Å². The molecule has 0 aromatic carbocycles. The molecule has 12 heteroatoms. The summed E-state index contributed by atoms with van der Waals surface area (Å²) in [6.07, 6.45) is -3.55. The first kappa shape index (κ1) is 18.1. The minimum Gasteiger partial charge on any atom is -0.387 e. The number of hydrogen-bond acceptors (Lipinski definition) is 7. The molecule has 22 heavy (non-hydrogen) atoms. The lowest BCUT2D eigenvalue weighted by atomic mass is 10.0. The molecule has 1 aromatic rings. The average Bonchev–Trinajstić information content (AvgIpc) is 2.68. The molecule has 0 amide bonds. The van der Waals surface area contributed by atoms with Crippen LogP contribution in [-0.2, 0) is 28.1 Å². The quantitative estimate of drug-likeness (QED) is 0.617. The molecule has 0 radical (unpaired) electrons. The summed E-state index contributed by atoms with van der Waals surface area (Å²) in [6.45, 7) is -0.233. The molecule has 2 heterocycles. The summed E-state index contributed by atoms with van der Waals surface area (Å²) in [7, 11) is 1.43. The van der Waals surface area contributed by atoms with Crippen LogP contribution in [0, 0.1) is 0 Å². The van der Waals surface area contributed by atoms with Gasteiger partial charge in [0.25, 0.3) is 5.56 Å². The Hall–Kier alpha value is -0.250. The second kappa shape index (κ2) is 6.70. The number of nitrogens with one attached hydrogen (secondary N) is 1. The van der Waals surface area contributed by atoms with Gasteiger partial charge in [0.1, 0.15) is 24.4 Å². The molecular weight excluding hydrogens is 378 g/mol. The van der Waals surface area contributed by atoms with Crippen molar-refractivity contribution in [2.75, 3.05) is 6.61 Å². The van der Waals surface area contributed by atoms with Crippen LogP contribution in [0.15, 0.2) is 15.8 Å². The molecule has 0 aliphatic carbocycles. The molecule has 0 saturated carbocycles. The van der Waals surface area contributed by atoms with Gasteiger partial charge in [-0.3, -0.25) is 9.78 Å². The maximum atomic E-state index is 11.8.